The summed E-state index contributed by atoms with van der Waals surface area (Å²) in [5.41, 5.74) is 6.61. The number of halogens is 2. The smallest absolute Gasteiger partial charge is 0.142 e. The Morgan fingerprint density at radius 2 is 2.12 bits per heavy atom. The van der Waals surface area contributed by atoms with Gasteiger partial charge in [-0.3, -0.25) is 0 Å². The van der Waals surface area contributed by atoms with Crippen LogP contribution in [0.4, 0.5) is 4.39 Å². The Labute approximate surface area is 107 Å². The van der Waals surface area contributed by atoms with Crippen molar-refractivity contribution in [3.63, 3.8) is 0 Å². The van der Waals surface area contributed by atoms with Gasteiger partial charge in [-0.15, -0.1) is 0 Å². The minimum atomic E-state index is -0.401. The number of nitrogens with two attached hydrogens (primary N) is 1. The summed E-state index contributed by atoms with van der Waals surface area (Å²) in [4.78, 5) is 0. The van der Waals surface area contributed by atoms with Crippen LogP contribution in [0.3, 0.4) is 0 Å². The van der Waals surface area contributed by atoms with E-state index >= 15 is 0 Å². The van der Waals surface area contributed by atoms with Crippen molar-refractivity contribution in [2.24, 2.45) is 5.73 Å². The fourth-order valence-corrected chi connectivity index (χ4v) is 1.87. The fourth-order valence-electron chi connectivity index (χ4n) is 1.76. The van der Waals surface area contributed by atoms with E-state index in [1.807, 2.05) is 13.8 Å². The van der Waals surface area contributed by atoms with Crippen LogP contribution in [-0.2, 0) is 11.2 Å². The summed E-state index contributed by atoms with van der Waals surface area (Å²) in [5.74, 6) is -0.401. The average Bonchev–Trinajstić information content (AvgIpc) is 2.23. The summed E-state index contributed by atoms with van der Waals surface area (Å²) < 4.78 is 18.5. The summed E-state index contributed by atoms with van der Waals surface area (Å²) >= 11 is 5.62. The van der Waals surface area contributed by atoms with Crippen LogP contribution in [0, 0.1) is 5.82 Å². The third kappa shape index (κ3) is 4.62. The van der Waals surface area contributed by atoms with Gasteiger partial charge in [-0.2, -0.15) is 0 Å². The lowest BCUT2D eigenvalue weighted by atomic mass is 9.95. The molecule has 1 unspecified atom stereocenters. The van der Waals surface area contributed by atoms with Crippen LogP contribution < -0.4 is 5.73 Å². The first-order valence-corrected chi connectivity index (χ1v) is 5.96. The van der Waals surface area contributed by atoms with Crippen molar-refractivity contribution in [3.8, 4) is 0 Å². The molecule has 0 fully saturated rings. The van der Waals surface area contributed by atoms with Gasteiger partial charge in [0.2, 0.25) is 0 Å². The summed E-state index contributed by atoms with van der Waals surface area (Å²) in [7, 11) is 1.66. The molecule has 0 radical (unpaired) electrons. The Hall–Kier alpha value is -0.640. The predicted molar refractivity (Wildman–Crippen MR) is 68.8 cm³/mol. The quantitative estimate of drug-likeness (QED) is 0.882. The zero-order chi connectivity index (χ0) is 13.1. The largest absolute Gasteiger partial charge is 0.379 e. The second kappa shape index (κ2) is 5.80. The molecular weight excluding hydrogens is 241 g/mol. The van der Waals surface area contributed by atoms with Gasteiger partial charge in [0.05, 0.1) is 10.6 Å². The van der Waals surface area contributed by atoms with Gasteiger partial charge in [0.1, 0.15) is 5.82 Å². The van der Waals surface area contributed by atoms with Crippen molar-refractivity contribution in [2.45, 2.75) is 38.3 Å². The van der Waals surface area contributed by atoms with Gasteiger partial charge in [0.25, 0.3) is 0 Å². The molecule has 0 aliphatic carbocycles. The normalized spacial score (nSPS) is 13.8. The predicted octanol–water partition coefficient (Wildman–Crippen LogP) is 3.16. The molecule has 96 valence electrons. The number of rotatable bonds is 5. The van der Waals surface area contributed by atoms with E-state index in [9.17, 15) is 4.39 Å². The van der Waals surface area contributed by atoms with Gasteiger partial charge < -0.3 is 10.5 Å². The monoisotopic (exact) mass is 259 g/mol. The highest BCUT2D eigenvalue weighted by atomic mass is 35.5. The van der Waals surface area contributed by atoms with E-state index < -0.39 is 5.82 Å². The minimum absolute atomic E-state index is 0.0643. The van der Waals surface area contributed by atoms with Gasteiger partial charge in [-0.05, 0) is 44.4 Å². The molecule has 1 atom stereocenters. The van der Waals surface area contributed by atoms with Crippen LogP contribution in [0.15, 0.2) is 18.2 Å². The molecule has 0 saturated carbocycles. The first-order chi connectivity index (χ1) is 7.84. The maximum Gasteiger partial charge on any atom is 0.142 e. The maximum absolute atomic E-state index is 13.2. The second-order valence-corrected chi connectivity index (χ2v) is 5.29. The third-order valence-electron chi connectivity index (χ3n) is 2.79. The molecule has 4 heteroatoms. The highest BCUT2D eigenvalue weighted by molar-refractivity contribution is 6.30. The van der Waals surface area contributed by atoms with Crippen LogP contribution in [0.25, 0.3) is 0 Å². The highest BCUT2D eigenvalue weighted by Crippen LogP contribution is 2.19. The van der Waals surface area contributed by atoms with Crippen LogP contribution >= 0.6 is 11.6 Å². The zero-order valence-electron chi connectivity index (χ0n) is 10.5. The molecule has 0 bridgehead atoms. The Balaban J connectivity index is 2.62. The molecule has 1 aromatic rings. The summed E-state index contributed by atoms with van der Waals surface area (Å²) in [6.07, 6.45) is 1.33. The molecule has 0 saturated heterocycles. The van der Waals surface area contributed by atoms with Crippen molar-refractivity contribution < 1.29 is 9.13 Å². The van der Waals surface area contributed by atoms with Gasteiger partial charge in [0, 0.05) is 13.2 Å². The third-order valence-corrected chi connectivity index (χ3v) is 3.09. The Morgan fingerprint density at radius 1 is 1.47 bits per heavy atom. The molecule has 0 aliphatic heterocycles. The standard InChI is InChI=1S/C13H19ClFNO/c1-13(2,17-3)8-10(16)6-9-4-5-11(14)12(15)7-9/h4-5,7,10H,6,8,16H2,1-3H3. The first kappa shape index (κ1) is 14.4. The van der Waals surface area contributed by atoms with E-state index in [1.54, 1.807) is 19.2 Å². The summed E-state index contributed by atoms with van der Waals surface area (Å²) in [6.45, 7) is 3.96. The number of methoxy groups -OCH3 is 1. The van der Waals surface area contributed by atoms with Gasteiger partial charge in [-0.25, -0.2) is 4.39 Å². The molecule has 0 aromatic heterocycles. The number of ether oxygens (including phenoxy) is 1. The van der Waals surface area contributed by atoms with E-state index in [2.05, 4.69) is 0 Å². The van der Waals surface area contributed by atoms with Crippen molar-refractivity contribution in [3.05, 3.63) is 34.6 Å². The number of benzene rings is 1. The van der Waals surface area contributed by atoms with Gasteiger partial charge in [-0.1, -0.05) is 17.7 Å². The van der Waals surface area contributed by atoms with E-state index in [4.69, 9.17) is 22.1 Å². The molecule has 0 amide bonds. The fraction of sp³-hybridized carbons (Fsp3) is 0.538. The van der Waals surface area contributed by atoms with Crippen LogP contribution in [0.1, 0.15) is 25.8 Å². The Bertz CT molecular complexity index is 382. The molecular formula is C13H19ClFNO. The van der Waals surface area contributed by atoms with Crippen molar-refractivity contribution in [1.29, 1.82) is 0 Å². The topological polar surface area (TPSA) is 35.2 Å². The van der Waals surface area contributed by atoms with E-state index in [1.165, 1.54) is 6.07 Å². The lowest BCUT2D eigenvalue weighted by Crippen LogP contribution is -2.35. The molecule has 1 aromatic carbocycles. The molecule has 0 spiro atoms. The lowest BCUT2D eigenvalue weighted by molar-refractivity contribution is 0.0102. The second-order valence-electron chi connectivity index (χ2n) is 4.88. The summed E-state index contributed by atoms with van der Waals surface area (Å²) in [6, 6.07) is 4.72. The maximum atomic E-state index is 13.2. The molecule has 17 heavy (non-hydrogen) atoms. The average molecular weight is 260 g/mol. The van der Waals surface area contributed by atoms with E-state index in [-0.39, 0.29) is 16.7 Å². The van der Waals surface area contributed by atoms with Crippen molar-refractivity contribution in [2.75, 3.05) is 7.11 Å². The number of hydrogen-bond donors (Lipinski definition) is 1. The first-order valence-electron chi connectivity index (χ1n) is 5.59. The van der Waals surface area contributed by atoms with Crippen molar-refractivity contribution >= 4 is 11.6 Å². The molecule has 2 nitrogen and oxygen atoms in total. The minimum Gasteiger partial charge on any atom is -0.379 e. The SMILES string of the molecule is COC(C)(C)CC(N)Cc1ccc(Cl)c(F)c1. The molecule has 2 N–H and O–H groups in total. The van der Waals surface area contributed by atoms with Gasteiger partial charge >= 0.3 is 0 Å². The van der Waals surface area contributed by atoms with E-state index in [0.29, 0.717) is 12.8 Å². The summed E-state index contributed by atoms with van der Waals surface area (Å²) in [5, 5.41) is 0.138. The molecule has 1 rings (SSSR count). The Morgan fingerprint density at radius 3 is 2.65 bits per heavy atom. The van der Waals surface area contributed by atoms with E-state index in [0.717, 1.165) is 5.56 Å². The molecule has 0 aliphatic rings. The number of hydrogen-bond acceptors (Lipinski definition) is 2. The van der Waals surface area contributed by atoms with Crippen LogP contribution in [0.2, 0.25) is 5.02 Å². The van der Waals surface area contributed by atoms with Gasteiger partial charge in [0.15, 0.2) is 0 Å². The Kier molecular flexibility index (Phi) is 4.92. The molecule has 0 heterocycles. The lowest BCUT2D eigenvalue weighted by Gasteiger charge is -2.26. The van der Waals surface area contributed by atoms with Crippen LogP contribution in [0.5, 0.6) is 0 Å². The van der Waals surface area contributed by atoms with Crippen molar-refractivity contribution in [1.82, 2.24) is 0 Å². The zero-order valence-corrected chi connectivity index (χ0v) is 11.2. The van der Waals surface area contributed by atoms with Crippen LogP contribution in [-0.4, -0.2) is 18.8 Å². The highest BCUT2D eigenvalue weighted by Gasteiger charge is 2.20.